The fourth-order valence-electron chi connectivity index (χ4n) is 3.23. The maximum Gasteiger partial charge on any atom is 0.315 e. The van der Waals surface area contributed by atoms with E-state index in [4.69, 9.17) is 18.9 Å². The van der Waals surface area contributed by atoms with Crippen LogP contribution in [0.25, 0.3) is 20.8 Å². The molecule has 7 heteroatoms. The van der Waals surface area contributed by atoms with Gasteiger partial charge >= 0.3 is 5.97 Å². The van der Waals surface area contributed by atoms with Crippen LogP contribution in [0.3, 0.4) is 0 Å². The Bertz CT molecular complexity index is 1160. The van der Waals surface area contributed by atoms with Gasteiger partial charge in [-0.05, 0) is 54.1 Å². The molecule has 0 aliphatic carbocycles. The minimum atomic E-state index is -0.387. The molecule has 6 nitrogen and oxygen atoms in total. The molecule has 0 aliphatic rings. The number of hydrogen-bond donors (Lipinski definition) is 0. The summed E-state index contributed by atoms with van der Waals surface area (Å²) in [6.07, 6.45) is 0.0658. The van der Waals surface area contributed by atoms with Crippen molar-refractivity contribution in [2.24, 2.45) is 0 Å². The Morgan fingerprint density at radius 3 is 2.19 bits per heavy atom. The van der Waals surface area contributed by atoms with E-state index in [9.17, 15) is 4.79 Å². The topological polar surface area (TPSA) is 66.9 Å². The van der Waals surface area contributed by atoms with Crippen molar-refractivity contribution in [3.63, 3.8) is 0 Å². The molecule has 1 heterocycles. The van der Waals surface area contributed by atoms with Crippen LogP contribution in [-0.2, 0) is 11.2 Å². The van der Waals surface area contributed by atoms with Crippen LogP contribution < -0.4 is 18.9 Å². The number of carbonyl (C=O) groups excluding carboxylic acids is 1. The summed E-state index contributed by atoms with van der Waals surface area (Å²) in [6, 6.07) is 18.8. The number of methoxy groups -OCH3 is 3. The Labute approximate surface area is 184 Å². The zero-order chi connectivity index (χ0) is 21.8. The van der Waals surface area contributed by atoms with Gasteiger partial charge < -0.3 is 18.9 Å². The number of carbonyl (C=O) groups is 1. The largest absolute Gasteiger partial charge is 0.493 e. The van der Waals surface area contributed by atoms with Crippen molar-refractivity contribution in [1.82, 2.24) is 4.98 Å². The first-order chi connectivity index (χ1) is 15.1. The third-order valence-corrected chi connectivity index (χ3v) is 5.79. The van der Waals surface area contributed by atoms with Crippen LogP contribution in [0.1, 0.15) is 5.56 Å². The van der Waals surface area contributed by atoms with Gasteiger partial charge in [-0.2, -0.15) is 0 Å². The lowest BCUT2D eigenvalue weighted by atomic mass is 10.1. The number of ether oxygens (including phenoxy) is 4. The average molecular weight is 436 g/mol. The summed E-state index contributed by atoms with van der Waals surface area (Å²) in [5, 5.41) is 0.927. The summed E-state index contributed by atoms with van der Waals surface area (Å²) < 4.78 is 22.6. The maximum absolute atomic E-state index is 12.5. The summed E-state index contributed by atoms with van der Waals surface area (Å²) in [7, 11) is 4.60. The van der Waals surface area contributed by atoms with E-state index in [1.807, 2.05) is 30.3 Å². The van der Waals surface area contributed by atoms with Gasteiger partial charge in [-0.25, -0.2) is 4.98 Å². The van der Waals surface area contributed by atoms with E-state index < -0.39 is 0 Å². The number of esters is 1. The van der Waals surface area contributed by atoms with E-state index in [2.05, 4.69) is 11.1 Å². The van der Waals surface area contributed by atoms with Crippen molar-refractivity contribution in [2.45, 2.75) is 6.42 Å². The fraction of sp³-hybridized carbons (Fsp3) is 0.167. The molecule has 3 aromatic carbocycles. The molecule has 31 heavy (non-hydrogen) atoms. The number of nitrogens with zero attached hydrogens (tertiary/aromatic N) is 1. The number of aromatic nitrogens is 1. The predicted octanol–water partition coefficient (Wildman–Crippen LogP) is 5.14. The monoisotopic (exact) mass is 435 g/mol. The van der Waals surface area contributed by atoms with Gasteiger partial charge in [0.05, 0.1) is 38.0 Å². The van der Waals surface area contributed by atoms with E-state index >= 15 is 0 Å². The lowest BCUT2D eigenvalue weighted by Gasteiger charge is -2.14. The standard InChI is InChI=1S/C24H21NO5S/c1-27-19-12-15(13-20(28-2)23(19)29-3)14-22(26)30-17-10-8-16(9-11-17)24-25-18-6-4-5-7-21(18)31-24/h4-13H,14H2,1-3H3. The Morgan fingerprint density at radius 1 is 0.903 bits per heavy atom. The molecular formula is C24H21NO5S. The molecule has 1 aromatic heterocycles. The molecule has 158 valence electrons. The molecule has 0 saturated carbocycles. The summed E-state index contributed by atoms with van der Waals surface area (Å²) in [5.74, 6) is 1.55. The van der Waals surface area contributed by atoms with Crippen LogP contribution in [0.2, 0.25) is 0 Å². The zero-order valence-electron chi connectivity index (χ0n) is 17.4. The number of fused-ring (bicyclic) bond motifs is 1. The molecule has 4 aromatic rings. The summed E-state index contributed by atoms with van der Waals surface area (Å²) >= 11 is 1.63. The summed E-state index contributed by atoms with van der Waals surface area (Å²) in [6.45, 7) is 0. The van der Waals surface area contributed by atoms with Gasteiger partial charge in [0.25, 0.3) is 0 Å². The van der Waals surface area contributed by atoms with Crippen molar-refractivity contribution >= 4 is 27.5 Å². The SMILES string of the molecule is COc1cc(CC(=O)Oc2ccc(-c3nc4ccccc4s3)cc2)cc(OC)c1OC. The zero-order valence-corrected chi connectivity index (χ0v) is 18.2. The third kappa shape index (κ3) is 4.46. The van der Waals surface area contributed by atoms with Gasteiger partial charge in [0.1, 0.15) is 10.8 Å². The second kappa shape index (κ2) is 9.06. The molecule has 0 fully saturated rings. The number of hydrogen-bond acceptors (Lipinski definition) is 7. The van der Waals surface area contributed by atoms with Gasteiger partial charge in [0.15, 0.2) is 11.5 Å². The van der Waals surface area contributed by atoms with Crippen LogP contribution in [0, 0.1) is 0 Å². The molecular weight excluding hydrogens is 414 g/mol. The summed E-state index contributed by atoms with van der Waals surface area (Å²) in [5.41, 5.74) is 2.65. The van der Waals surface area contributed by atoms with Crippen molar-refractivity contribution < 1.29 is 23.7 Å². The van der Waals surface area contributed by atoms with E-state index in [1.165, 1.54) is 21.3 Å². The molecule has 0 N–H and O–H groups in total. The first-order valence-electron chi connectivity index (χ1n) is 9.57. The molecule has 0 bridgehead atoms. The molecule has 0 atom stereocenters. The number of rotatable bonds is 7. The highest BCUT2D eigenvalue weighted by molar-refractivity contribution is 7.21. The Hall–Kier alpha value is -3.58. The Balaban J connectivity index is 1.46. The van der Waals surface area contributed by atoms with E-state index in [0.29, 0.717) is 28.6 Å². The predicted molar refractivity (Wildman–Crippen MR) is 120 cm³/mol. The van der Waals surface area contributed by atoms with Crippen LogP contribution in [0.4, 0.5) is 0 Å². The van der Waals surface area contributed by atoms with Crippen LogP contribution in [0.15, 0.2) is 60.7 Å². The highest BCUT2D eigenvalue weighted by atomic mass is 32.1. The molecule has 0 amide bonds. The van der Waals surface area contributed by atoms with Crippen molar-refractivity contribution in [1.29, 1.82) is 0 Å². The van der Waals surface area contributed by atoms with Gasteiger partial charge in [-0.1, -0.05) is 12.1 Å². The van der Waals surface area contributed by atoms with Crippen molar-refractivity contribution in [3.05, 3.63) is 66.2 Å². The number of benzene rings is 3. The second-order valence-electron chi connectivity index (χ2n) is 6.70. The van der Waals surface area contributed by atoms with Crippen LogP contribution in [-0.4, -0.2) is 32.3 Å². The Morgan fingerprint density at radius 2 is 1.58 bits per heavy atom. The van der Waals surface area contributed by atoms with Crippen LogP contribution in [0.5, 0.6) is 23.0 Å². The van der Waals surface area contributed by atoms with Gasteiger partial charge in [-0.3, -0.25) is 4.79 Å². The molecule has 0 aliphatic heterocycles. The van der Waals surface area contributed by atoms with E-state index in [0.717, 1.165) is 20.8 Å². The molecule has 0 radical (unpaired) electrons. The van der Waals surface area contributed by atoms with Gasteiger partial charge in [-0.15, -0.1) is 11.3 Å². The minimum absolute atomic E-state index is 0.0658. The third-order valence-electron chi connectivity index (χ3n) is 4.70. The number of para-hydroxylation sites is 1. The smallest absolute Gasteiger partial charge is 0.315 e. The minimum Gasteiger partial charge on any atom is -0.493 e. The van der Waals surface area contributed by atoms with Crippen LogP contribution >= 0.6 is 11.3 Å². The highest BCUT2D eigenvalue weighted by Gasteiger charge is 2.16. The maximum atomic E-state index is 12.5. The van der Waals surface area contributed by atoms with Crippen molar-refractivity contribution in [2.75, 3.05) is 21.3 Å². The Kier molecular flexibility index (Phi) is 6.04. The van der Waals surface area contributed by atoms with Gasteiger partial charge in [0.2, 0.25) is 5.75 Å². The highest BCUT2D eigenvalue weighted by Crippen LogP contribution is 2.38. The quantitative estimate of drug-likeness (QED) is 0.296. The molecule has 0 spiro atoms. The second-order valence-corrected chi connectivity index (χ2v) is 7.73. The normalized spacial score (nSPS) is 10.7. The van der Waals surface area contributed by atoms with E-state index in [-0.39, 0.29) is 12.4 Å². The first kappa shape index (κ1) is 20.7. The first-order valence-corrected chi connectivity index (χ1v) is 10.4. The van der Waals surface area contributed by atoms with Crippen molar-refractivity contribution in [3.8, 4) is 33.6 Å². The molecule has 4 rings (SSSR count). The summed E-state index contributed by atoms with van der Waals surface area (Å²) in [4.78, 5) is 17.1. The lowest BCUT2D eigenvalue weighted by molar-refractivity contribution is -0.133. The molecule has 0 unspecified atom stereocenters. The van der Waals surface area contributed by atoms with Gasteiger partial charge in [0, 0.05) is 5.56 Å². The lowest BCUT2D eigenvalue weighted by Crippen LogP contribution is -2.11. The number of thiazole rings is 1. The fourth-order valence-corrected chi connectivity index (χ4v) is 4.20. The average Bonchev–Trinajstić information content (AvgIpc) is 3.23. The van der Waals surface area contributed by atoms with E-state index in [1.54, 1.807) is 35.6 Å². The molecule has 0 saturated heterocycles.